The maximum atomic E-state index is 13.2. The first kappa shape index (κ1) is 17.3. The van der Waals surface area contributed by atoms with Gasteiger partial charge in [-0.1, -0.05) is 12.1 Å². The fraction of sp³-hybridized carbons (Fsp3) is 0.368. The summed E-state index contributed by atoms with van der Waals surface area (Å²) < 4.78 is 5.34. The number of nitrogens with one attached hydrogen (secondary N) is 1. The number of piperazine rings is 1. The van der Waals surface area contributed by atoms with E-state index in [9.17, 15) is 9.59 Å². The average molecular weight is 367 g/mol. The summed E-state index contributed by atoms with van der Waals surface area (Å²) in [6, 6.07) is 7.29. The number of amides is 2. The van der Waals surface area contributed by atoms with E-state index in [-0.39, 0.29) is 18.2 Å². The van der Waals surface area contributed by atoms with Crippen LogP contribution in [0.15, 0.2) is 36.7 Å². The number of rotatable bonds is 3. The standard InChI is InChI=1S/C19H21N5O3/c1-27-15-5-2-4-13-14(12-16(25)22-17(13)15)18(26)23-8-10-24(11-9-23)19-20-6-3-7-21-19/h2-7,14H,8-12H2,1H3,(H,22,25)/t14-/m1/s1. The monoisotopic (exact) mass is 367 g/mol. The lowest BCUT2D eigenvalue weighted by Crippen LogP contribution is -2.51. The normalized spacial score (nSPS) is 19.3. The Labute approximate surface area is 157 Å². The Morgan fingerprint density at radius 2 is 1.89 bits per heavy atom. The molecule has 0 spiro atoms. The zero-order valence-electron chi connectivity index (χ0n) is 15.1. The van der Waals surface area contributed by atoms with Crippen LogP contribution in [0.2, 0.25) is 0 Å². The molecule has 0 bridgehead atoms. The van der Waals surface area contributed by atoms with Crippen molar-refractivity contribution in [2.24, 2.45) is 0 Å². The molecule has 2 aliphatic rings. The summed E-state index contributed by atoms with van der Waals surface area (Å²) in [7, 11) is 1.55. The minimum absolute atomic E-state index is 0.0204. The smallest absolute Gasteiger partial charge is 0.230 e. The van der Waals surface area contributed by atoms with Crippen LogP contribution in [0.25, 0.3) is 0 Å². The highest BCUT2D eigenvalue weighted by Gasteiger charge is 2.36. The van der Waals surface area contributed by atoms with E-state index >= 15 is 0 Å². The molecule has 1 aromatic heterocycles. The molecule has 8 heteroatoms. The van der Waals surface area contributed by atoms with Gasteiger partial charge in [-0.25, -0.2) is 9.97 Å². The van der Waals surface area contributed by atoms with Gasteiger partial charge in [0.15, 0.2) is 0 Å². The summed E-state index contributed by atoms with van der Waals surface area (Å²) in [5, 5.41) is 2.84. The molecule has 1 fully saturated rings. The summed E-state index contributed by atoms with van der Waals surface area (Å²) in [6.07, 6.45) is 3.58. The van der Waals surface area contributed by atoms with Gasteiger partial charge in [0.2, 0.25) is 17.8 Å². The highest BCUT2D eigenvalue weighted by molar-refractivity contribution is 6.02. The SMILES string of the molecule is COc1cccc2c1NC(=O)C[C@H]2C(=O)N1CCN(c2ncccn2)CC1. The number of methoxy groups -OCH3 is 1. The lowest BCUT2D eigenvalue weighted by Gasteiger charge is -2.37. The largest absolute Gasteiger partial charge is 0.495 e. The van der Waals surface area contributed by atoms with Crippen molar-refractivity contribution in [2.45, 2.75) is 12.3 Å². The summed E-state index contributed by atoms with van der Waals surface area (Å²) in [5.41, 5.74) is 1.42. The van der Waals surface area contributed by atoms with Crippen molar-refractivity contribution in [1.82, 2.24) is 14.9 Å². The first-order valence-electron chi connectivity index (χ1n) is 8.95. The number of ether oxygens (including phenoxy) is 1. The number of fused-ring (bicyclic) bond motifs is 1. The van der Waals surface area contributed by atoms with E-state index in [4.69, 9.17) is 4.74 Å². The van der Waals surface area contributed by atoms with E-state index in [0.717, 1.165) is 5.56 Å². The lowest BCUT2D eigenvalue weighted by atomic mass is 9.88. The van der Waals surface area contributed by atoms with Crippen LogP contribution in [-0.4, -0.2) is 60.0 Å². The van der Waals surface area contributed by atoms with Gasteiger partial charge in [0.05, 0.1) is 18.7 Å². The number of para-hydroxylation sites is 1. The quantitative estimate of drug-likeness (QED) is 0.879. The third kappa shape index (κ3) is 3.30. The average Bonchev–Trinajstić information content (AvgIpc) is 2.73. The summed E-state index contributed by atoms with van der Waals surface area (Å²) in [6.45, 7) is 2.49. The molecule has 1 saturated heterocycles. The van der Waals surface area contributed by atoms with E-state index in [1.54, 1.807) is 31.6 Å². The van der Waals surface area contributed by atoms with Gasteiger partial charge < -0.3 is 19.9 Å². The number of carbonyl (C=O) groups excluding carboxylic acids is 2. The van der Waals surface area contributed by atoms with Gasteiger partial charge >= 0.3 is 0 Å². The number of aromatic nitrogens is 2. The van der Waals surface area contributed by atoms with Crippen LogP contribution in [0, 0.1) is 0 Å². The highest BCUT2D eigenvalue weighted by Crippen LogP contribution is 2.39. The molecule has 2 amide bonds. The number of anilines is 2. The Kier molecular flexibility index (Phi) is 4.62. The molecule has 140 valence electrons. The number of carbonyl (C=O) groups is 2. The van der Waals surface area contributed by atoms with Crippen LogP contribution < -0.4 is 15.0 Å². The topological polar surface area (TPSA) is 87.7 Å². The minimum Gasteiger partial charge on any atom is -0.495 e. The Morgan fingerprint density at radius 1 is 1.15 bits per heavy atom. The molecule has 4 rings (SSSR count). The summed E-state index contributed by atoms with van der Waals surface area (Å²) in [4.78, 5) is 37.7. The Morgan fingerprint density at radius 3 is 2.59 bits per heavy atom. The molecule has 2 aliphatic heterocycles. The molecule has 0 radical (unpaired) electrons. The Bertz CT molecular complexity index is 850. The molecule has 27 heavy (non-hydrogen) atoms. The van der Waals surface area contributed by atoms with Gasteiger partial charge in [0, 0.05) is 45.0 Å². The third-order valence-electron chi connectivity index (χ3n) is 5.03. The number of nitrogens with zero attached hydrogens (tertiary/aromatic N) is 4. The Balaban J connectivity index is 1.50. The molecular weight excluding hydrogens is 346 g/mol. The molecule has 0 aliphatic carbocycles. The van der Waals surface area contributed by atoms with Crippen LogP contribution in [0.5, 0.6) is 5.75 Å². The number of hydrogen-bond acceptors (Lipinski definition) is 6. The van der Waals surface area contributed by atoms with Gasteiger partial charge in [-0.15, -0.1) is 0 Å². The fourth-order valence-electron chi connectivity index (χ4n) is 3.65. The second-order valence-electron chi connectivity index (χ2n) is 6.59. The third-order valence-corrected chi connectivity index (χ3v) is 5.03. The van der Waals surface area contributed by atoms with Gasteiger partial charge in [0.25, 0.3) is 0 Å². The van der Waals surface area contributed by atoms with Crippen LogP contribution in [0.1, 0.15) is 17.9 Å². The molecule has 0 unspecified atom stereocenters. The second-order valence-corrected chi connectivity index (χ2v) is 6.59. The lowest BCUT2D eigenvalue weighted by molar-refractivity contribution is -0.135. The van der Waals surface area contributed by atoms with Crippen LogP contribution in [0.3, 0.4) is 0 Å². The predicted octanol–water partition coefficient (Wildman–Crippen LogP) is 1.26. The second kappa shape index (κ2) is 7.22. The zero-order valence-corrected chi connectivity index (χ0v) is 15.1. The molecular formula is C19H21N5O3. The summed E-state index contributed by atoms with van der Waals surface area (Å²) >= 11 is 0. The van der Waals surface area contributed by atoms with Gasteiger partial charge in [0.1, 0.15) is 5.75 Å². The van der Waals surface area contributed by atoms with E-state index in [1.165, 1.54) is 0 Å². The van der Waals surface area contributed by atoms with Crippen molar-refractivity contribution in [1.29, 1.82) is 0 Å². The minimum atomic E-state index is -0.483. The predicted molar refractivity (Wildman–Crippen MR) is 99.8 cm³/mol. The van der Waals surface area contributed by atoms with E-state index < -0.39 is 5.92 Å². The number of hydrogen-bond donors (Lipinski definition) is 1. The number of benzene rings is 1. The highest BCUT2D eigenvalue weighted by atomic mass is 16.5. The fourth-order valence-corrected chi connectivity index (χ4v) is 3.65. The first-order valence-corrected chi connectivity index (χ1v) is 8.95. The molecule has 1 atom stereocenters. The molecule has 1 N–H and O–H groups in total. The maximum Gasteiger partial charge on any atom is 0.230 e. The van der Waals surface area contributed by atoms with E-state index in [2.05, 4.69) is 20.2 Å². The van der Waals surface area contributed by atoms with Crippen molar-refractivity contribution in [3.63, 3.8) is 0 Å². The van der Waals surface area contributed by atoms with Crippen LogP contribution in [0.4, 0.5) is 11.6 Å². The van der Waals surface area contributed by atoms with Crippen LogP contribution in [-0.2, 0) is 9.59 Å². The molecule has 8 nitrogen and oxygen atoms in total. The van der Waals surface area contributed by atoms with Crippen molar-refractivity contribution in [2.75, 3.05) is 43.5 Å². The van der Waals surface area contributed by atoms with E-state index in [0.29, 0.717) is 43.6 Å². The van der Waals surface area contributed by atoms with Crippen molar-refractivity contribution >= 4 is 23.5 Å². The molecule has 0 saturated carbocycles. The molecule has 3 heterocycles. The van der Waals surface area contributed by atoms with Crippen molar-refractivity contribution in [3.8, 4) is 5.75 Å². The van der Waals surface area contributed by atoms with Crippen LogP contribution >= 0.6 is 0 Å². The van der Waals surface area contributed by atoms with Crippen molar-refractivity contribution in [3.05, 3.63) is 42.2 Å². The Hall–Kier alpha value is -3.16. The summed E-state index contributed by atoms with van der Waals surface area (Å²) in [5.74, 6) is 0.583. The zero-order chi connectivity index (χ0) is 18.8. The van der Waals surface area contributed by atoms with Crippen molar-refractivity contribution < 1.29 is 14.3 Å². The maximum absolute atomic E-state index is 13.2. The van der Waals surface area contributed by atoms with Gasteiger partial charge in [-0.05, 0) is 17.7 Å². The molecule has 1 aromatic carbocycles. The van der Waals surface area contributed by atoms with Gasteiger partial charge in [-0.2, -0.15) is 0 Å². The molecule has 2 aromatic rings. The first-order chi connectivity index (χ1) is 13.2. The van der Waals surface area contributed by atoms with Gasteiger partial charge in [-0.3, -0.25) is 9.59 Å². The van der Waals surface area contributed by atoms with E-state index in [1.807, 2.05) is 17.0 Å².